The number of hydrogen-bond donors (Lipinski definition) is 2. The Morgan fingerprint density at radius 1 is 1.52 bits per heavy atom. The van der Waals surface area contributed by atoms with E-state index in [-0.39, 0.29) is 12.5 Å². The molecule has 0 unspecified atom stereocenters. The molecule has 5 rings (SSSR count). The Morgan fingerprint density at radius 2 is 2.36 bits per heavy atom. The zero-order valence-corrected chi connectivity index (χ0v) is 13.7. The molecule has 0 aliphatic heterocycles. The smallest absolute Gasteiger partial charge is 0.272 e. The Bertz CT molecular complexity index is 868. The van der Waals surface area contributed by atoms with Crippen molar-refractivity contribution in [2.24, 2.45) is 5.92 Å². The third kappa shape index (κ3) is 2.17. The number of fused-ring (bicyclic) bond motifs is 3. The highest BCUT2D eigenvalue weighted by molar-refractivity contribution is 5.95. The molecule has 0 saturated heterocycles. The number of aromatic nitrogens is 4. The molecule has 0 bridgehead atoms. The molecule has 0 aromatic carbocycles. The van der Waals surface area contributed by atoms with E-state index in [1.165, 1.54) is 18.6 Å². The van der Waals surface area contributed by atoms with Crippen molar-refractivity contribution in [2.45, 2.75) is 43.6 Å². The highest BCUT2D eigenvalue weighted by atomic mass is 16.5. The average Bonchev–Trinajstić information content (AvgIpc) is 3.07. The Morgan fingerprint density at radius 3 is 3.04 bits per heavy atom. The number of aliphatic hydroxyl groups is 1. The first-order chi connectivity index (χ1) is 12.1. The maximum atomic E-state index is 12.8. The fourth-order valence-electron chi connectivity index (χ4n) is 4.17. The van der Waals surface area contributed by atoms with Crippen LogP contribution in [0.25, 0.3) is 5.82 Å². The van der Waals surface area contributed by atoms with Gasteiger partial charge in [-0.05, 0) is 38.0 Å². The third-order valence-electron chi connectivity index (χ3n) is 5.85. The second kappa shape index (κ2) is 5.01. The van der Waals surface area contributed by atoms with Gasteiger partial charge in [0.1, 0.15) is 0 Å². The normalized spacial score (nSPS) is 25.0. The molecular formula is C17H19N5O3. The number of hydrogen-bond acceptors (Lipinski definition) is 5. The monoisotopic (exact) mass is 341 g/mol. The summed E-state index contributed by atoms with van der Waals surface area (Å²) in [7, 11) is 0. The first kappa shape index (κ1) is 14.8. The lowest BCUT2D eigenvalue weighted by molar-refractivity contribution is -0.605. The fourth-order valence-corrected chi connectivity index (χ4v) is 4.17. The molecule has 0 spiro atoms. The van der Waals surface area contributed by atoms with Gasteiger partial charge in [0.05, 0.1) is 24.0 Å². The lowest BCUT2D eigenvalue weighted by Crippen LogP contribution is -2.56. The number of rotatable bonds is 4. The van der Waals surface area contributed by atoms with Gasteiger partial charge in [-0.2, -0.15) is 9.83 Å². The van der Waals surface area contributed by atoms with Crippen molar-refractivity contribution in [3.63, 3.8) is 0 Å². The van der Waals surface area contributed by atoms with E-state index in [1.807, 2.05) is 0 Å². The van der Waals surface area contributed by atoms with E-state index in [4.69, 9.17) is 0 Å². The topological polar surface area (TPSA) is 107 Å². The quantitative estimate of drug-likeness (QED) is 0.610. The van der Waals surface area contributed by atoms with Gasteiger partial charge in [0.2, 0.25) is 12.0 Å². The minimum Gasteiger partial charge on any atom is -0.619 e. The van der Waals surface area contributed by atoms with Crippen LogP contribution < -0.4 is 10.0 Å². The van der Waals surface area contributed by atoms with Crippen LogP contribution in [0.4, 0.5) is 0 Å². The summed E-state index contributed by atoms with van der Waals surface area (Å²) < 4.78 is 2.34. The summed E-state index contributed by atoms with van der Waals surface area (Å²) in [6.45, 7) is -0.0523. The molecule has 2 atom stereocenters. The first-order valence-electron chi connectivity index (χ1n) is 8.70. The van der Waals surface area contributed by atoms with Crippen LogP contribution in [0.3, 0.4) is 0 Å². The van der Waals surface area contributed by atoms with Crippen LogP contribution in [0.15, 0.2) is 18.6 Å². The van der Waals surface area contributed by atoms with Crippen molar-refractivity contribution in [3.05, 3.63) is 40.7 Å². The minimum absolute atomic E-state index is 0.0523. The molecule has 0 radical (unpaired) electrons. The van der Waals surface area contributed by atoms with Crippen LogP contribution in [0, 0.1) is 11.1 Å². The average molecular weight is 341 g/mol. The zero-order chi connectivity index (χ0) is 17.2. The van der Waals surface area contributed by atoms with E-state index in [1.54, 1.807) is 4.68 Å². The number of carbonyl (C=O) groups excluding carboxylic acids is 1. The summed E-state index contributed by atoms with van der Waals surface area (Å²) in [6.07, 6.45) is 8.66. The van der Waals surface area contributed by atoms with Crippen LogP contribution in [0.2, 0.25) is 0 Å². The van der Waals surface area contributed by atoms with Gasteiger partial charge in [-0.25, -0.2) is 9.67 Å². The van der Waals surface area contributed by atoms with Gasteiger partial charge in [0.15, 0.2) is 11.9 Å². The summed E-state index contributed by atoms with van der Waals surface area (Å²) in [6, 6.07) is 0. The Hall–Kier alpha value is -2.48. The van der Waals surface area contributed by atoms with Gasteiger partial charge in [0, 0.05) is 11.5 Å². The maximum Gasteiger partial charge on any atom is 0.272 e. The molecule has 2 aromatic heterocycles. The number of nitrogens with zero attached hydrogens (tertiary/aromatic N) is 4. The Balaban J connectivity index is 1.54. The lowest BCUT2D eigenvalue weighted by atomic mass is 9.77. The van der Waals surface area contributed by atoms with E-state index in [0.717, 1.165) is 43.4 Å². The van der Waals surface area contributed by atoms with Gasteiger partial charge in [0.25, 0.3) is 5.91 Å². The van der Waals surface area contributed by atoms with Gasteiger partial charge in [-0.3, -0.25) is 4.79 Å². The lowest BCUT2D eigenvalue weighted by Gasteiger charge is -2.40. The molecule has 3 aliphatic carbocycles. The molecule has 2 saturated carbocycles. The zero-order valence-electron chi connectivity index (χ0n) is 13.7. The summed E-state index contributed by atoms with van der Waals surface area (Å²) in [5.41, 5.74) is 1.89. The molecule has 25 heavy (non-hydrogen) atoms. The molecule has 8 heteroatoms. The highest BCUT2D eigenvalue weighted by Gasteiger charge is 2.51. The number of amides is 1. The summed E-state index contributed by atoms with van der Waals surface area (Å²) in [5, 5.41) is 28.7. The van der Waals surface area contributed by atoms with Crippen molar-refractivity contribution in [1.29, 1.82) is 0 Å². The molecular weight excluding hydrogens is 322 g/mol. The predicted molar refractivity (Wildman–Crippen MR) is 86.0 cm³/mol. The maximum absolute atomic E-state index is 12.8. The Labute approximate surface area is 144 Å². The number of carbonyl (C=O) groups is 1. The summed E-state index contributed by atoms with van der Waals surface area (Å²) in [5.74, 6) is 1.17. The van der Waals surface area contributed by atoms with Crippen molar-refractivity contribution in [3.8, 4) is 5.82 Å². The number of aliphatic hydroxyl groups excluding tert-OH is 1. The molecule has 2 fully saturated rings. The highest BCUT2D eigenvalue weighted by Crippen LogP contribution is 2.57. The van der Waals surface area contributed by atoms with Gasteiger partial charge >= 0.3 is 0 Å². The first-order valence-corrected chi connectivity index (χ1v) is 8.70. The molecule has 130 valence electrons. The number of nitrogens with one attached hydrogen (secondary N) is 1. The molecule has 2 N–H and O–H groups in total. The van der Waals surface area contributed by atoms with Crippen LogP contribution in [0.5, 0.6) is 0 Å². The third-order valence-corrected chi connectivity index (χ3v) is 5.85. The second-order valence-electron chi connectivity index (χ2n) is 7.45. The van der Waals surface area contributed by atoms with E-state index < -0.39 is 5.54 Å². The van der Waals surface area contributed by atoms with E-state index in [0.29, 0.717) is 28.1 Å². The van der Waals surface area contributed by atoms with Crippen LogP contribution in [-0.4, -0.2) is 37.9 Å². The van der Waals surface area contributed by atoms with Crippen molar-refractivity contribution in [1.82, 2.24) is 20.1 Å². The molecule has 2 aromatic rings. The van der Waals surface area contributed by atoms with E-state index in [9.17, 15) is 15.1 Å². The van der Waals surface area contributed by atoms with Gasteiger partial charge in [-0.1, -0.05) is 0 Å². The standard InChI is InChI=1S/C17H19N5O3/c23-9-17(2-1-3-17)19-16(24)14-12-7-10-6-11(10)15(12)22(20-14)13-8-21(25)5-4-18-13/h4-5,8,10-11,23H,1-3,6-7,9H2,(H,19,24)/t10-,11-/m1/s1. The van der Waals surface area contributed by atoms with Gasteiger partial charge in [-0.15, -0.1) is 0 Å². The SMILES string of the molecule is O=C(NC1(CO)CCC1)c1nn(-c2c[n+]([O-])ccn2)c2c1C[C@H]1C[C@@H]21. The van der Waals surface area contributed by atoms with E-state index in [2.05, 4.69) is 15.4 Å². The van der Waals surface area contributed by atoms with E-state index >= 15 is 0 Å². The molecule has 8 nitrogen and oxygen atoms in total. The summed E-state index contributed by atoms with van der Waals surface area (Å²) in [4.78, 5) is 17.1. The molecule has 2 heterocycles. The summed E-state index contributed by atoms with van der Waals surface area (Å²) >= 11 is 0. The van der Waals surface area contributed by atoms with Crippen molar-refractivity contribution < 1.29 is 14.6 Å². The largest absolute Gasteiger partial charge is 0.619 e. The van der Waals surface area contributed by atoms with Crippen molar-refractivity contribution in [2.75, 3.05) is 6.61 Å². The fraction of sp³-hybridized carbons (Fsp3) is 0.529. The Kier molecular flexibility index (Phi) is 2.97. The second-order valence-corrected chi connectivity index (χ2v) is 7.45. The van der Waals surface area contributed by atoms with Gasteiger partial charge < -0.3 is 15.6 Å². The van der Waals surface area contributed by atoms with Crippen LogP contribution >= 0.6 is 0 Å². The van der Waals surface area contributed by atoms with Crippen molar-refractivity contribution >= 4 is 5.91 Å². The van der Waals surface area contributed by atoms with Crippen LogP contribution in [0.1, 0.15) is 53.3 Å². The molecule has 1 amide bonds. The minimum atomic E-state index is -0.502. The predicted octanol–water partition coefficient (Wildman–Crippen LogP) is 0.205. The molecule has 3 aliphatic rings. The van der Waals surface area contributed by atoms with Crippen LogP contribution in [-0.2, 0) is 6.42 Å².